The molecule has 4 aliphatic rings. The van der Waals surface area contributed by atoms with Crippen molar-refractivity contribution in [3.63, 3.8) is 0 Å². The quantitative estimate of drug-likeness (QED) is 0.144. The number of urea groups is 2. The van der Waals surface area contributed by atoms with Gasteiger partial charge in [0.2, 0.25) is 5.91 Å². The highest BCUT2D eigenvalue weighted by Crippen LogP contribution is 2.48. The molecule has 4 aromatic carbocycles. The van der Waals surface area contributed by atoms with Crippen LogP contribution in [0, 0.1) is 34.6 Å². The number of amides is 8. The summed E-state index contributed by atoms with van der Waals surface area (Å²) in [5.41, 5.74) is 4.75. The van der Waals surface area contributed by atoms with E-state index in [4.69, 9.17) is 11.6 Å². The molecule has 0 aromatic heterocycles. The third-order valence-corrected chi connectivity index (χ3v) is 14.7. The number of imide groups is 2. The minimum Gasteiger partial charge on any atom is -0.324 e. The molecule has 0 radical (unpaired) electrons. The van der Waals surface area contributed by atoms with Crippen molar-refractivity contribution in [3.05, 3.63) is 117 Å². The van der Waals surface area contributed by atoms with E-state index in [1.807, 2.05) is 84.0 Å². The Balaban J connectivity index is 1.38. The fourth-order valence-electron chi connectivity index (χ4n) is 11.1. The van der Waals surface area contributed by atoms with E-state index in [1.165, 1.54) is 9.80 Å². The molecule has 346 valence electrons. The Bertz CT molecular complexity index is 2550. The van der Waals surface area contributed by atoms with E-state index in [0.29, 0.717) is 86.8 Å². The summed E-state index contributed by atoms with van der Waals surface area (Å²) in [4.78, 5) is 99.3. The van der Waals surface area contributed by atoms with E-state index in [9.17, 15) is 0 Å². The van der Waals surface area contributed by atoms with Gasteiger partial charge in [-0.25, -0.2) is 19.4 Å². The average molecular weight is 914 g/mol. The summed E-state index contributed by atoms with van der Waals surface area (Å²) >= 11 is 6.86. The fourth-order valence-corrected chi connectivity index (χ4v) is 11.4. The molecule has 8 amide bonds. The highest BCUT2D eigenvalue weighted by molar-refractivity contribution is 6.34. The number of rotatable bonds is 11. The largest absolute Gasteiger partial charge is 0.333 e. The molecule has 4 aromatic rings. The van der Waals surface area contributed by atoms with Crippen molar-refractivity contribution in [3.8, 4) is 0 Å². The smallest absolute Gasteiger partial charge is 0.324 e. The van der Waals surface area contributed by atoms with Gasteiger partial charge < -0.3 is 10.6 Å². The van der Waals surface area contributed by atoms with Gasteiger partial charge in [0.25, 0.3) is 17.7 Å². The van der Waals surface area contributed by atoms with Crippen LogP contribution in [0.3, 0.4) is 0 Å². The molecule has 2 heterocycles. The zero-order valence-electron chi connectivity index (χ0n) is 39.2. The van der Waals surface area contributed by atoms with Gasteiger partial charge in [-0.2, -0.15) is 0 Å². The average Bonchev–Trinajstić information content (AvgIpc) is 3.61. The molecular formula is C53H61ClN6O6. The maximum Gasteiger partial charge on any atom is 0.333 e. The van der Waals surface area contributed by atoms with Crippen molar-refractivity contribution < 1.29 is 28.8 Å². The molecule has 0 bridgehead atoms. The van der Waals surface area contributed by atoms with Crippen LogP contribution in [-0.2, 0) is 32.0 Å². The summed E-state index contributed by atoms with van der Waals surface area (Å²) in [5, 5.41) is 6.23. The molecule has 2 N–H and O–H groups in total. The van der Waals surface area contributed by atoms with Crippen LogP contribution in [0.2, 0.25) is 5.02 Å². The van der Waals surface area contributed by atoms with Crippen LogP contribution in [0.1, 0.15) is 117 Å². The molecule has 4 fully saturated rings. The van der Waals surface area contributed by atoms with Gasteiger partial charge in [0.15, 0.2) is 12.1 Å². The Morgan fingerprint density at radius 1 is 0.545 bits per heavy atom. The molecule has 8 rings (SSSR count). The Morgan fingerprint density at radius 2 is 0.924 bits per heavy atom. The number of carbonyl (C=O) groups is 6. The second-order valence-electron chi connectivity index (χ2n) is 18.9. The molecule has 2 aliphatic carbocycles. The first kappa shape index (κ1) is 46.5. The van der Waals surface area contributed by atoms with Crippen molar-refractivity contribution >= 4 is 70.0 Å². The molecule has 2 aliphatic heterocycles. The van der Waals surface area contributed by atoms with E-state index >= 15 is 28.8 Å². The van der Waals surface area contributed by atoms with Crippen molar-refractivity contribution in [2.75, 3.05) is 20.4 Å². The third kappa shape index (κ3) is 7.94. The molecule has 2 saturated carbocycles. The monoisotopic (exact) mass is 912 g/mol. The van der Waals surface area contributed by atoms with Crippen molar-refractivity contribution in [1.29, 1.82) is 0 Å². The molecule has 2 spiro atoms. The van der Waals surface area contributed by atoms with E-state index in [0.717, 1.165) is 56.0 Å². The van der Waals surface area contributed by atoms with Crippen LogP contribution in [0.25, 0.3) is 0 Å². The van der Waals surface area contributed by atoms with Gasteiger partial charge in [0, 0.05) is 17.1 Å². The summed E-state index contributed by atoms with van der Waals surface area (Å²) in [6, 6.07) is 16.3. The van der Waals surface area contributed by atoms with Crippen molar-refractivity contribution in [2.24, 2.45) is 0 Å². The van der Waals surface area contributed by atoms with Gasteiger partial charge in [-0.1, -0.05) is 123 Å². The highest BCUT2D eigenvalue weighted by atomic mass is 35.5. The first-order valence-corrected chi connectivity index (χ1v) is 23.9. The number of hydrogen-bond donors (Lipinski definition) is 2. The summed E-state index contributed by atoms with van der Waals surface area (Å²) in [6.07, 6.45) is 6.56. The van der Waals surface area contributed by atoms with Crippen LogP contribution in [0.15, 0.2) is 72.8 Å². The van der Waals surface area contributed by atoms with Crippen LogP contribution < -0.4 is 20.4 Å². The van der Waals surface area contributed by atoms with Crippen molar-refractivity contribution in [2.45, 2.75) is 149 Å². The Kier molecular flexibility index (Phi) is 12.9. The number of benzene rings is 4. The second kappa shape index (κ2) is 18.3. The lowest BCUT2D eigenvalue weighted by molar-refractivity contribution is -0.145. The topological polar surface area (TPSA) is 139 Å². The summed E-state index contributed by atoms with van der Waals surface area (Å²) in [6.45, 7) is 13.4. The number of anilines is 4. The molecule has 12 nitrogen and oxygen atoms in total. The molecule has 2 saturated heterocycles. The SMILES string of the molecule is CCc1cc(C)cc(CC)c1NC(=O)C(C(C(=O)Nc1c(C)cc(C)cc1Cl)N1C(=O)N(c2ccc(C)cc2)C2(CCCCC2)C1=O)N1C(=O)N(c2ccc(C)cc2)C2(CCCCC2)C1=O. The molecular weight excluding hydrogens is 852 g/mol. The van der Waals surface area contributed by atoms with E-state index < -0.39 is 58.9 Å². The van der Waals surface area contributed by atoms with E-state index in [1.54, 1.807) is 37.3 Å². The maximum absolute atomic E-state index is 15.9. The lowest BCUT2D eigenvalue weighted by Gasteiger charge is -2.38. The maximum atomic E-state index is 15.9. The number of hydrogen-bond acceptors (Lipinski definition) is 6. The fraction of sp³-hybridized carbons (Fsp3) is 0.434. The minimum absolute atomic E-state index is 0.199. The number of nitrogens with zero attached hydrogens (tertiary/aromatic N) is 4. The van der Waals surface area contributed by atoms with E-state index in [-0.39, 0.29) is 10.7 Å². The van der Waals surface area contributed by atoms with Crippen LogP contribution >= 0.6 is 11.6 Å². The van der Waals surface area contributed by atoms with Crippen molar-refractivity contribution in [1.82, 2.24) is 9.80 Å². The number of carbonyl (C=O) groups excluding carboxylic acids is 6. The van der Waals surface area contributed by atoms with Gasteiger partial charge in [0.05, 0.1) is 10.7 Å². The molecule has 2 atom stereocenters. The van der Waals surface area contributed by atoms with Crippen LogP contribution in [0.4, 0.5) is 32.3 Å². The molecule has 66 heavy (non-hydrogen) atoms. The van der Waals surface area contributed by atoms with Crippen LogP contribution in [-0.4, -0.2) is 68.7 Å². The second-order valence-corrected chi connectivity index (χ2v) is 19.3. The van der Waals surface area contributed by atoms with E-state index in [2.05, 4.69) is 10.6 Å². The first-order valence-electron chi connectivity index (χ1n) is 23.6. The standard InChI is InChI=1S/C53H61ClN6O6/c1-8-37-29-35(6)30-38(9-2)43(37)56-47(62)45(58-49(64)53(26-14-11-15-27-53)60(51(58)66)40-22-18-33(4)19-23-40)44(46(61)55-42-36(7)28-34(5)31-41(42)54)57-48(63)52(24-12-10-13-25-52)59(50(57)65)39-20-16-32(3)17-21-39/h16-23,28-31,44-45H,8-15,24-27H2,1-7H3,(H,55,61)(H,56,62). The summed E-state index contributed by atoms with van der Waals surface area (Å²) in [5.74, 6) is -3.17. The van der Waals surface area contributed by atoms with Gasteiger partial charge in [-0.15, -0.1) is 0 Å². The Morgan fingerprint density at radius 3 is 1.30 bits per heavy atom. The van der Waals surface area contributed by atoms with Gasteiger partial charge in [-0.3, -0.25) is 29.0 Å². The first-order chi connectivity index (χ1) is 31.6. The number of nitrogens with one attached hydrogen (secondary N) is 2. The van der Waals surface area contributed by atoms with Gasteiger partial charge >= 0.3 is 12.1 Å². The third-order valence-electron chi connectivity index (χ3n) is 14.4. The molecule has 13 heteroatoms. The van der Waals surface area contributed by atoms with Crippen LogP contribution in [0.5, 0.6) is 0 Å². The predicted octanol–water partition coefficient (Wildman–Crippen LogP) is 10.7. The number of halogens is 1. The molecule has 2 unspecified atom stereocenters. The summed E-state index contributed by atoms with van der Waals surface area (Å²) < 4.78 is 0. The minimum atomic E-state index is -2.05. The van der Waals surface area contributed by atoms with Gasteiger partial charge in [-0.05, 0) is 126 Å². The Labute approximate surface area is 393 Å². The normalized spacial score (nSPS) is 19.0. The summed E-state index contributed by atoms with van der Waals surface area (Å²) in [7, 11) is 0. The number of aryl methyl sites for hydroxylation is 7. The highest BCUT2D eigenvalue weighted by Gasteiger charge is 2.67. The zero-order valence-corrected chi connectivity index (χ0v) is 39.9. The lowest BCUT2D eigenvalue weighted by Crippen LogP contribution is -2.65. The predicted molar refractivity (Wildman–Crippen MR) is 259 cm³/mol. The van der Waals surface area contributed by atoms with Gasteiger partial charge in [0.1, 0.15) is 11.1 Å². The zero-order chi connectivity index (χ0) is 47.2. The lowest BCUT2D eigenvalue weighted by atomic mass is 9.79. The Hall–Kier alpha value is -6.01.